The fourth-order valence-corrected chi connectivity index (χ4v) is 6.99. The maximum atomic E-state index is 14.4. The second kappa shape index (κ2) is 20.0. The molecular formula is C43H57N9O7. The van der Waals surface area contributed by atoms with Crippen molar-refractivity contribution in [1.29, 1.82) is 0 Å². The van der Waals surface area contributed by atoms with Gasteiger partial charge in [0, 0.05) is 48.7 Å². The van der Waals surface area contributed by atoms with E-state index in [9.17, 15) is 28.8 Å². The van der Waals surface area contributed by atoms with Crippen molar-refractivity contribution in [1.82, 2.24) is 46.2 Å². The number of carbonyl (C=O) groups excluding carboxylic acids is 6. The highest BCUT2D eigenvalue weighted by Gasteiger charge is 2.34. The zero-order chi connectivity index (χ0) is 42.8. The number of aromatic amines is 1. The lowest BCUT2D eigenvalue weighted by molar-refractivity contribution is -0.139. The molecule has 4 aromatic rings. The maximum absolute atomic E-state index is 14.4. The normalized spacial score (nSPS) is 21.6. The van der Waals surface area contributed by atoms with Gasteiger partial charge in [-0.3, -0.25) is 33.4 Å². The van der Waals surface area contributed by atoms with Gasteiger partial charge in [0.25, 0.3) is 0 Å². The molecule has 1 aliphatic rings. The zero-order valence-electron chi connectivity index (χ0n) is 34.8. The molecular weight excluding hydrogens is 755 g/mol. The first-order valence-corrected chi connectivity index (χ1v) is 20.1. The van der Waals surface area contributed by atoms with E-state index in [1.807, 2.05) is 52.0 Å². The van der Waals surface area contributed by atoms with Gasteiger partial charge in [-0.15, -0.1) is 0 Å². The third-order valence-corrected chi connectivity index (χ3v) is 10.4. The molecule has 16 heteroatoms. The monoisotopic (exact) mass is 811 g/mol. The van der Waals surface area contributed by atoms with E-state index < -0.39 is 72.2 Å². The van der Waals surface area contributed by atoms with Gasteiger partial charge in [0.2, 0.25) is 35.4 Å². The summed E-state index contributed by atoms with van der Waals surface area (Å²) < 4.78 is 6.76. The van der Waals surface area contributed by atoms with Crippen LogP contribution in [0, 0.1) is 18.8 Å². The lowest BCUT2D eigenvalue weighted by Gasteiger charge is -2.32. The van der Waals surface area contributed by atoms with Gasteiger partial charge in [-0.25, -0.2) is 0 Å². The van der Waals surface area contributed by atoms with Crippen LogP contribution in [0.5, 0.6) is 5.75 Å². The summed E-state index contributed by atoms with van der Waals surface area (Å²) in [4.78, 5) is 88.8. The molecule has 0 aliphatic carbocycles. The van der Waals surface area contributed by atoms with Crippen LogP contribution in [0.1, 0.15) is 57.9 Å². The number of ether oxygens (including phenoxy) is 1. The van der Waals surface area contributed by atoms with Gasteiger partial charge in [-0.1, -0.05) is 58.0 Å². The van der Waals surface area contributed by atoms with Crippen LogP contribution in [-0.2, 0) is 48.2 Å². The van der Waals surface area contributed by atoms with Crippen LogP contribution >= 0.6 is 0 Å². The SMILES string of the molecule is COc1ccc(C[C@@H]2NC(=O)[C@H](CC(C)C)NC(=O)[C@@H](Cc3c[nH]c4ccccc34)NC(=O)CN(C(=O)Cn3ccc(C)n3)C[C@H](C(C)C)NC(=O)[C@@H](C)NC2=O)cc1. The molecule has 1 fully saturated rings. The summed E-state index contributed by atoms with van der Waals surface area (Å²) in [5, 5.41) is 19.5. The molecule has 3 heterocycles. The predicted octanol–water partition coefficient (Wildman–Crippen LogP) is 2.16. The average molecular weight is 812 g/mol. The van der Waals surface area contributed by atoms with Crippen LogP contribution in [0.4, 0.5) is 0 Å². The van der Waals surface area contributed by atoms with E-state index in [1.165, 1.54) is 16.5 Å². The minimum atomic E-state index is -1.17. The predicted molar refractivity (Wildman–Crippen MR) is 222 cm³/mol. The summed E-state index contributed by atoms with van der Waals surface area (Å²) in [6, 6.07) is 11.3. The summed E-state index contributed by atoms with van der Waals surface area (Å²) in [5.41, 5.74) is 3.02. The second-order valence-corrected chi connectivity index (χ2v) is 16.0. The quantitative estimate of drug-likeness (QED) is 0.140. The molecule has 6 N–H and O–H groups in total. The molecule has 2 aromatic heterocycles. The van der Waals surface area contributed by atoms with Gasteiger partial charge in [-0.2, -0.15) is 5.10 Å². The Morgan fingerprint density at radius 3 is 2.14 bits per heavy atom. The third kappa shape index (κ3) is 12.2. The first kappa shape index (κ1) is 43.9. The van der Waals surface area contributed by atoms with E-state index >= 15 is 0 Å². The molecule has 59 heavy (non-hydrogen) atoms. The number of nitrogens with one attached hydrogen (secondary N) is 6. The van der Waals surface area contributed by atoms with Gasteiger partial charge in [-0.05, 0) is 67.5 Å². The van der Waals surface area contributed by atoms with Gasteiger partial charge in [0.15, 0.2) is 0 Å². The van der Waals surface area contributed by atoms with Crippen LogP contribution in [0.3, 0.4) is 0 Å². The molecule has 0 spiro atoms. The molecule has 1 saturated heterocycles. The van der Waals surface area contributed by atoms with E-state index in [1.54, 1.807) is 56.8 Å². The lowest BCUT2D eigenvalue weighted by atomic mass is 9.99. The molecule has 5 rings (SSSR count). The van der Waals surface area contributed by atoms with Crippen molar-refractivity contribution >= 4 is 46.3 Å². The first-order valence-electron chi connectivity index (χ1n) is 20.1. The molecule has 1 aliphatic heterocycles. The average Bonchev–Trinajstić information content (AvgIpc) is 3.80. The summed E-state index contributed by atoms with van der Waals surface area (Å²) in [6.07, 6.45) is 3.78. The molecule has 0 radical (unpaired) electrons. The highest BCUT2D eigenvalue weighted by molar-refractivity contribution is 5.96. The Balaban J connectivity index is 1.53. The van der Waals surface area contributed by atoms with E-state index in [4.69, 9.17) is 4.74 Å². The van der Waals surface area contributed by atoms with E-state index in [2.05, 4.69) is 36.7 Å². The summed E-state index contributed by atoms with van der Waals surface area (Å²) in [6.45, 7) is 10.2. The van der Waals surface area contributed by atoms with Crippen LogP contribution in [0.15, 0.2) is 67.0 Å². The van der Waals surface area contributed by atoms with Crippen LogP contribution < -0.4 is 31.3 Å². The summed E-state index contributed by atoms with van der Waals surface area (Å²) >= 11 is 0. The van der Waals surface area contributed by atoms with Crippen molar-refractivity contribution in [3.8, 4) is 5.75 Å². The highest BCUT2D eigenvalue weighted by Crippen LogP contribution is 2.20. The van der Waals surface area contributed by atoms with Gasteiger partial charge >= 0.3 is 0 Å². The Morgan fingerprint density at radius 1 is 0.814 bits per heavy atom. The summed E-state index contributed by atoms with van der Waals surface area (Å²) in [7, 11) is 1.54. The van der Waals surface area contributed by atoms with Crippen molar-refractivity contribution in [3.05, 3.63) is 83.8 Å². The van der Waals surface area contributed by atoms with Crippen LogP contribution in [0.25, 0.3) is 10.9 Å². The van der Waals surface area contributed by atoms with Gasteiger partial charge in [0.05, 0.1) is 19.3 Å². The number of benzene rings is 2. The van der Waals surface area contributed by atoms with Crippen LogP contribution in [0.2, 0.25) is 0 Å². The largest absolute Gasteiger partial charge is 0.497 e. The zero-order valence-corrected chi connectivity index (χ0v) is 34.8. The molecule has 0 bridgehead atoms. The Bertz CT molecular complexity index is 2110. The van der Waals surface area contributed by atoms with E-state index in [-0.39, 0.29) is 44.2 Å². The summed E-state index contributed by atoms with van der Waals surface area (Å²) in [5.74, 6) is -3.06. The number of para-hydroxylation sites is 1. The number of nitrogens with zero attached hydrogens (tertiary/aromatic N) is 3. The van der Waals surface area contributed by atoms with E-state index in [0.29, 0.717) is 17.0 Å². The number of fused-ring (bicyclic) bond motifs is 1. The number of H-pyrrole nitrogens is 1. The number of hydrogen-bond acceptors (Lipinski definition) is 8. The Labute approximate surface area is 344 Å². The molecule has 316 valence electrons. The molecule has 2 aromatic carbocycles. The van der Waals surface area contributed by atoms with Crippen LogP contribution in [-0.4, -0.2) is 106 Å². The smallest absolute Gasteiger partial charge is 0.244 e. The highest BCUT2D eigenvalue weighted by atomic mass is 16.5. The topological polar surface area (TPSA) is 209 Å². The molecule has 0 saturated carbocycles. The van der Waals surface area contributed by atoms with E-state index in [0.717, 1.165) is 16.5 Å². The molecule has 0 unspecified atom stereocenters. The minimum absolute atomic E-state index is 0.0531. The number of aryl methyl sites for hydroxylation is 1. The second-order valence-electron chi connectivity index (χ2n) is 16.0. The van der Waals surface area contributed by atoms with Crippen molar-refractivity contribution in [3.63, 3.8) is 0 Å². The molecule has 5 atom stereocenters. The third-order valence-electron chi connectivity index (χ3n) is 10.4. The Morgan fingerprint density at radius 2 is 1.47 bits per heavy atom. The van der Waals surface area contributed by atoms with Crippen molar-refractivity contribution < 1.29 is 33.5 Å². The maximum Gasteiger partial charge on any atom is 0.244 e. The van der Waals surface area contributed by atoms with Crippen molar-refractivity contribution in [2.24, 2.45) is 11.8 Å². The Hall–Kier alpha value is -6.19. The number of methoxy groups -OCH3 is 1. The van der Waals surface area contributed by atoms with Crippen molar-refractivity contribution in [2.75, 3.05) is 20.2 Å². The van der Waals surface area contributed by atoms with Gasteiger partial charge < -0.3 is 41.2 Å². The number of hydrogen-bond donors (Lipinski definition) is 6. The first-order chi connectivity index (χ1) is 28.1. The number of amides is 6. The fraction of sp³-hybridized carbons (Fsp3) is 0.465. The Kier molecular flexibility index (Phi) is 14.9. The number of aromatic nitrogens is 3. The van der Waals surface area contributed by atoms with Crippen molar-refractivity contribution in [2.45, 2.75) is 97.6 Å². The lowest BCUT2D eigenvalue weighted by Crippen LogP contribution is -2.60. The number of carbonyl (C=O) groups is 6. The number of rotatable bonds is 10. The van der Waals surface area contributed by atoms with Gasteiger partial charge in [0.1, 0.15) is 36.5 Å². The standard InChI is InChI=1S/C43H57N9O7/c1-25(2)18-34-42(57)48-35(19-29-12-14-31(59-7)15-13-29)41(56)45-28(6)40(55)49-37(26(3)4)22-51(39(54)24-52-17-16-27(5)50-52)23-38(53)46-36(43(58)47-34)20-30-21-44-33-11-9-8-10-32(30)33/h8-17,21,25-26,28,34-37,44H,18-20,22-24H2,1-7H3,(H,45,56)(H,46,53)(H,47,58)(H,48,57)(H,49,55)/t28-,34+,35+,36-,37-/m1/s1. The molecule has 6 amide bonds. The molecule has 16 nitrogen and oxygen atoms in total. The minimum Gasteiger partial charge on any atom is -0.497 e. The fourth-order valence-electron chi connectivity index (χ4n) is 6.99.